The first kappa shape index (κ1) is 29.7. The van der Waals surface area contributed by atoms with Crippen molar-refractivity contribution in [2.45, 2.75) is 48.8 Å². The standard InChI is InChI=1S/C23H40O7S2/c1-21(28-16-24-4,15-27-14-19-12-10-9-11-13-19)23(3,30-18-26-6)22(2,29-17-25-5)20(31-7)32-8/h9-13,20H,14-18H2,1-8H3. The van der Waals surface area contributed by atoms with E-state index in [-0.39, 0.29) is 31.6 Å². The van der Waals surface area contributed by atoms with E-state index in [1.807, 2.05) is 63.6 Å². The normalized spacial score (nSPS) is 17.7. The molecule has 0 saturated carbocycles. The molecule has 0 saturated heterocycles. The van der Waals surface area contributed by atoms with E-state index in [0.717, 1.165) is 5.56 Å². The third-order valence-electron chi connectivity index (χ3n) is 5.76. The van der Waals surface area contributed by atoms with Crippen molar-refractivity contribution in [2.75, 3.05) is 60.8 Å². The molecule has 1 rings (SSSR count). The first-order chi connectivity index (χ1) is 15.3. The molecule has 7 nitrogen and oxygen atoms in total. The zero-order valence-electron chi connectivity index (χ0n) is 20.7. The zero-order valence-corrected chi connectivity index (χ0v) is 22.3. The molecule has 1 aromatic rings. The van der Waals surface area contributed by atoms with Crippen LogP contribution in [0.15, 0.2) is 30.3 Å². The number of benzene rings is 1. The number of hydrogen-bond acceptors (Lipinski definition) is 9. The molecule has 3 atom stereocenters. The summed E-state index contributed by atoms with van der Waals surface area (Å²) in [6, 6.07) is 10.0. The zero-order chi connectivity index (χ0) is 24.1. The van der Waals surface area contributed by atoms with Gasteiger partial charge in [-0.3, -0.25) is 0 Å². The Bertz CT molecular complexity index is 620. The van der Waals surface area contributed by atoms with Crippen molar-refractivity contribution in [1.29, 1.82) is 0 Å². The lowest BCUT2D eigenvalue weighted by Crippen LogP contribution is -2.71. The summed E-state index contributed by atoms with van der Waals surface area (Å²) < 4.78 is 41.0. The van der Waals surface area contributed by atoms with Gasteiger partial charge in [0.25, 0.3) is 0 Å². The van der Waals surface area contributed by atoms with Gasteiger partial charge in [0.1, 0.15) is 37.2 Å². The van der Waals surface area contributed by atoms with E-state index in [2.05, 4.69) is 0 Å². The van der Waals surface area contributed by atoms with E-state index < -0.39 is 16.8 Å². The highest BCUT2D eigenvalue weighted by molar-refractivity contribution is 8.16. The molecule has 9 heteroatoms. The second kappa shape index (κ2) is 14.8. The topological polar surface area (TPSA) is 64.6 Å². The average Bonchev–Trinajstić information content (AvgIpc) is 2.81. The highest BCUT2D eigenvalue weighted by Gasteiger charge is 2.62. The lowest BCUT2D eigenvalue weighted by molar-refractivity contribution is -0.322. The van der Waals surface area contributed by atoms with Crippen molar-refractivity contribution >= 4 is 23.5 Å². The fourth-order valence-electron chi connectivity index (χ4n) is 3.60. The van der Waals surface area contributed by atoms with Gasteiger partial charge in [0.05, 0.1) is 17.8 Å². The van der Waals surface area contributed by atoms with Crippen molar-refractivity contribution in [3.05, 3.63) is 35.9 Å². The molecular formula is C23H40O7S2. The molecule has 0 aliphatic heterocycles. The maximum atomic E-state index is 6.40. The van der Waals surface area contributed by atoms with Crippen LogP contribution in [0.1, 0.15) is 26.3 Å². The Morgan fingerprint density at radius 3 is 1.84 bits per heavy atom. The number of thioether (sulfide) groups is 2. The van der Waals surface area contributed by atoms with Gasteiger partial charge in [-0.2, -0.15) is 0 Å². The minimum Gasteiger partial charge on any atom is -0.374 e. The van der Waals surface area contributed by atoms with Crippen LogP contribution in [0, 0.1) is 0 Å². The van der Waals surface area contributed by atoms with Crippen LogP contribution in [0.4, 0.5) is 0 Å². The summed E-state index contributed by atoms with van der Waals surface area (Å²) in [6.07, 6.45) is 4.09. The smallest absolute Gasteiger partial charge is 0.147 e. The van der Waals surface area contributed by atoms with Gasteiger partial charge in [-0.05, 0) is 38.8 Å². The molecule has 3 unspecified atom stereocenters. The third-order valence-corrected chi connectivity index (χ3v) is 8.67. The van der Waals surface area contributed by atoms with Crippen LogP contribution in [0.2, 0.25) is 0 Å². The molecule has 186 valence electrons. The van der Waals surface area contributed by atoms with Gasteiger partial charge in [0, 0.05) is 21.3 Å². The largest absolute Gasteiger partial charge is 0.374 e. The van der Waals surface area contributed by atoms with Gasteiger partial charge in [0.2, 0.25) is 0 Å². The quantitative estimate of drug-likeness (QED) is 0.278. The summed E-state index contributed by atoms with van der Waals surface area (Å²) >= 11 is 3.36. The number of methoxy groups -OCH3 is 3. The molecule has 0 heterocycles. The first-order valence-corrected chi connectivity index (χ1v) is 12.9. The van der Waals surface area contributed by atoms with Crippen LogP contribution in [0.5, 0.6) is 0 Å². The Morgan fingerprint density at radius 2 is 1.31 bits per heavy atom. The van der Waals surface area contributed by atoms with E-state index in [4.69, 9.17) is 33.2 Å². The summed E-state index contributed by atoms with van der Waals surface area (Å²) in [4.78, 5) is 0. The second-order valence-corrected chi connectivity index (χ2v) is 9.99. The van der Waals surface area contributed by atoms with Gasteiger partial charge in [-0.25, -0.2) is 0 Å². The SMILES string of the molecule is COCOC(C)(COCc1ccccc1)C(C)(OCOC)C(C)(OCOC)C(SC)SC. The molecule has 0 fully saturated rings. The highest BCUT2D eigenvalue weighted by atomic mass is 32.2. The van der Waals surface area contributed by atoms with Crippen LogP contribution in [-0.4, -0.2) is 82.2 Å². The highest BCUT2D eigenvalue weighted by Crippen LogP contribution is 2.48. The van der Waals surface area contributed by atoms with Gasteiger partial charge in [0.15, 0.2) is 0 Å². The van der Waals surface area contributed by atoms with Gasteiger partial charge >= 0.3 is 0 Å². The van der Waals surface area contributed by atoms with Crippen LogP contribution < -0.4 is 0 Å². The molecule has 0 aromatic heterocycles. The van der Waals surface area contributed by atoms with E-state index in [1.54, 1.807) is 44.9 Å². The fraction of sp³-hybridized carbons (Fsp3) is 0.739. The molecule has 0 spiro atoms. The average molecular weight is 493 g/mol. The Hall–Kier alpha value is -0.360. The minimum atomic E-state index is -1.01. The molecule has 0 bridgehead atoms. The number of rotatable bonds is 18. The molecule has 0 radical (unpaired) electrons. The van der Waals surface area contributed by atoms with Crippen molar-refractivity contribution in [3.63, 3.8) is 0 Å². The Balaban J connectivity index is 3.38. The Kier molecular flexibility index (Phi) is 13.7. The van der Waals surface area contributed by atoms with Crippen LogP contribution in [-0.2, 0) is 39.8 Å². The van der Waals surface area contributed by atoms with E-state index >= 15 is 0 Å². The fourth-order valence-corrected chi connectivity index (χ4v) is 5.85. The van der Waals surface area contributed by atoms with E-state index in [0.29, 0.717) is 6.61 Å². The molecule has 0 N–H and O–H groups in total. The minimum absolute atomic E-state index is 0.000834. The Morgan fingerprint density at radius 1 is 0.781 bits per heavy atom. The van der Waals surface area contributed by atoms with Crippen molar-refractivity contribution in [2.24, 2.45) is 0 Å². The predicted molar refractivity (Wildman–Crippen MR) is 131 cm³/mol. The first-order valence-electron chi connectivity index (χ1n) is 10.3. The van der Waals surface area contributed by atoms with Crippen molar-refractivity contribution in [1.82, 2.24) is 0 Å². The summed E-state index contributed by atoms with van der Waals surface area (Å²) in [7, 11) is 4.78. The number of ether oxygens (including phenoxy) is 7. The van der Waals surface area contributed by atoms with Gasteiger partial charge in [-0.15, -0.1) is 23.5 Å². The molecule has 32 heavy (non-hydrogen) atoms. The Labute approximate surface area is 202 Å². The van der Waals surface area contributed by atoms with Crippen LogP contribution >= 0.6 is 23.5 Å². The summed E-state index contributed by atoms with van der Waals surface area (Å²) in [5.74, 6) is 0. The van der Waals surface area contributed by atoms with Crippen molar-refractivity contribution < 1.29 is 33.2 Å². The molecular weight excluding hydrogens is 452 g/mol. The van der Waals surface area contributed by atoms with Gasteiger partial charge in [-0.1, -0.05) is 30.3 Å². The summed E-state index contributed by atoms with van der Waals surface area (Å²) in [6.45, 7) is 6.87. The molecule has 0 amide bonds. The van der Waals surface area contributed by atoms with E-state index in [9.17, 15) is 0 Å². The second-order valence-electron chi connectivity index (χ2n) is 7.81. The van der Waals surface area contributed by atoms with Crippen molar-refractivity contribution in [3.8, 4) is 0 Å². The molecule has 0 aliphatic carbocycles. The summed E-state index contributed by atoms with van der Waals surface area (Å²) in [5, 5.41) is 0. The molecule has 0 aliphatic rings. The predicted octanol–water partition coefficient (Wildman–Crippen LogP) is 4.39. The van der Waals surface area contributed by atoms with Crippen LogP contribution in [0.3, 0.4) is 0 Å². The molecule has 1 aromatic carbocycles. The maximum absolute atomic E-state index is 6.40. The lowest BCUT2D eigenvalue weighted by Gasteiger charge is -2.56. The monoisotopic (exact) mass is 492 g/mol. The van der Waals surface area contributed by atoms with Crippen LogP contribution in [0.25, 0.3) is 0 Å². The number of hydrogen-bond donors (Lipinski definition) is 0. The maximum Gasteiger partial charge on any atom is 0.147 e. The van der Waals surface area contributed by atoms with Gasteiger partial charge < -0.3 is 33.2 Å². The summed E-state index contributed by atoms with van der Waals surface area (Å²) in [5.41, 5.74) is -1.74. The van der Waals surface area contributed by atoms with E-state index in [1.165, 1.54) is 0 Å². The third kappa shape index (κ3) is 7.32. The lowest BCUT2D eigenvalue weighted by atomic mass is 9.73.